The molecule has 0 radical (unpaired) electrons. The number of carbonyl (C=O) groups is 4. The van der Waals surface area contributed by atoms with Crippen LogP contribution in [0, 0.1) is 0 Å². The van der Waals surface area contributed by atoms with Gasteiger partial charge in [0.2, 0.25) is 0 Å². The molecule has 2 atom stereocenters. The van der Waals surface area contributed by atoms with Gasteiger partial charge < -0.3 is 19.3 Å². The summed E-state index contributed by atoms with van der Waals surface area (Å²) in [6.07, 6.45) is 5.50. The summed E-state index contributed by atoms with van der Waals surface area (Å²) >= 11 is 0. The molecule has 220 valence electrons. The Morgan fingerprint density at radius 1 is 0.923 bits per heavy atom. The first-order chi connectivity index (χ1) is 18.7. The minimum Gasteiger partial charge on any atom is -0.480 e. The van der Waals surface area contributed by atoms with Crippen LogP contribution in [0.5, 0.6) is 0 Å². The van der Waals surface area contributed by atoms with E-state index in [-0.39, 0.29) is 69.7 Å². The van der Waals surface area contributed by atoms with Crippen molar-refractivity contribution in [3.05, 3.63) is 12.2 Å². The van der Waals surface area contributed by atoms with Gasteiger partial charge in [-0.15, -0.1) is 0 Å². The summed E-state index contributed by atoms with van der Waals surface area (Å²) in [7, 11) is 0. The van der Waals surface area contributed by atoms with E-state index >= 15 is 0 Å². The van der Waals surface area contributed by atoms with Crippen LogP contribution in [0.4, 0.5) is 0 Å². The lowest BCUT2D eigenvalue weighted by Gasteiger charge is -2.35. The second-order valence-corrected chi connectivity index (χ2v) is 9.56. The monoisotopic (exact) mass is 552 g/mol. The van der Waals surface area contributed by atoms with Crippen molar-refractivity contribution >= 4 is 29.6 Å². The van der Waals surface area contributed by atoms with Gasteiger partial charge in [-0.2, -0.15) is 0 Å². The SMILES string of the molecule is CCOC(=O)CCCC(C(=O)O)N1CCN(CC(=O)OCC)CC2=NC(CC=C2)CN(CC(=O)OCC)CC1. The lowest BCUT2D eigenvalue weighted by atomic mass is 10.1. The highest BCUT2D eigenvalue weighted by atomic mass is 16.5. The van der Waals surface area contributed by atoms with Gasteiger partial charge >= 0.3 is 23.9 Å². The molecule has 12 heteroatoms. The van der Waals surface area contributed by atoms with Crippen LogP contribution in [0.3, 0.4) is 0 Å². The number of ether oxygens (including phenoxy) is 3. The number of rotatable bonds is 13. The average Bonchev–Trinajstić information content (AvgIpc) is 2.87. The molecule has 2 rings (SSSR count). The van der Waals surface area contributed by atoms with E-state index < -0.39 is 12.0 Å². The fourth-order valence-electron chi connectivity index (χ4n) is 4.75. The van der Waals surface area contributed by atoms with E-state index in [0.29, 0.717) is 45.7 Å². The van der Waals surface area contributed by atoms with Crippen molar-refractivity contribution in [1.82, 2.24) is 14.7 Å². The molecule has 2 unspecified atom stereocenters. The fraction of sp³-hybridized carbons (Fsp3) is 0.741. The molecule has 1 N–H and O–H groups in total. The third-order valence-electron chi connectivity index (χ3n) is 6.53. The Kier molecular flexibility index (Phi) is 14.7. The Labute approximate surface area is 230 Å². The summed E-state index contributed by atoms with van der Waals surface area (Å²) in [5.41, 5.74) is 0.822. The summed E-state index contributed by atoms with van der Waals surface area (Å²) in [6, 6.07) is -0.912. The molecule has 2 bridgehead atoms. The van der Waals surface area contributed by atoms with Crippen molar-refractivity contribution in [2.45, 2.75) is 58.5 Å². The van der Waals surface area contributed by atoms with Crippen LogP contribution in [-0.2, 0) is 33.4 Å². The minimum atomic E-state index is -0.982. The molecule has 0 saturated heterocycles. The minimum absolute atomic E-state index is 0.0643. The fourth-order valence-corrected chi connectivity index (χ4v) is 4.75. The number of carboxylic acids is 1. The largest absolute Gasteiger partial charge is 0.480 e. The molecule has 0 fully saturated rings. The van der Waals surface area contributed by atoms with Gasteiger partial charge in [-0.1, -0.05) is 6.08 Å². The number of hydrogen-bond acceptors (Lipinski definition) is 11. The summed E-state index contributed by atoms with van der Waals surface area (Å²) in [5, 5.41) is 10.1. The van der Waals surface area contributed by atoms with E-state index in [0.717, 1.165) is 12.1 Å². The number of nitrogens with zero attached hydrogens (tertiary/aromatic N) is 4. The number of dihydropyridines is 1. The van der Waals surface area contributed by atoms with Crippen LogP contribution in [0.2, 0.25) is 0 Å². The van der Waals surface area contributed by atoms with Crippen LogP contribution in [0.1, 0.15) is 46.5 Å². The van der Waals surface area contributed by atoms with Gasteiger partial charge in [-0.05, 0) is 46.1 Å². The number of esters is 3. The number of fused-ring (bicyclic) bond motifs is 1. The molecule has 12 nitrogen and oxygen atoms in total. The Morgan fingerprint density at radius 3 is 2.13 bits per heavy atom. The lowest BCUT2D eigenvalue weighted by molar-refractivity contribution is -0.147. The smallest absolute Gasteiger partial charge is 0.320 e. The summed E-state index contributed by atoms with van der Waals surface area (Å²) in [6.45, 7) is 8.75. The van der Waals surface area contributed by atoms with Crippen LogP contribution in [-0.4, -0.2) is 134 Å². The molecule has 2 aliphatic rings. The first-order valence-corrected chi connectivity index (χ1v) is 13.9. The van der Waals surface area contributed by atoms with Gasteiger partial charge in [0, 0.05) is 51.4 Å². The van der Waals surface area contributed by atoms with Gasteiger partial charge in [-0.3, -0.25) is 38.9 Å². The quantitative estimate of drug-likeness (QED) is 0.258. The third kappa shape index (κ3) is 12.3. The number of aliphatic carboxylic acids is 1. The number of aliphatic imine (C=N–C) groups is 1. The molecule has 39 heavy (non-hydrogen) atoms. The predicted molar refractivity (Wildman–Crippen MR) is 145 cm³/mol. The highest BCUT2D eigenvalue weighted by Gasteiger charge is 2.29. The Morgan fingerprint density at radius 2 is 1.51 bits per heavy atom. The molecular formula is C27H44N4O8. The molecular weight excluding hydrogens is 508 g/mol. The first kappa shape index (κ1) is 32.4. The maximum Gasteiger partial charge on any atom is 0.320 e. The van der Waals surface area contributed by atoms with E-state index in [1.54, 1.807) is 20.8 Å². The van der Waals surface area contributed by atoms with Gasteiger partial charge in [0.15, 0.2) is 0 Å². The predicted octanol–water partition coefficient (Wildman–Crippen LogP) is 0.988. The van der Waals surface area contributed by atoms with E-state index in [4.69, 9.17) is 19.2 Å². The highest BCUT2D eigenvalue weighted by Crippen LogP contribution is 2.15. The maximum atomic E-state index is 12.4. The summed E-state index contributed by atoms with van der Waals surface area (Å²) < 4.78 is 15.3. The zero-order valence-corrected chi connectivity index (χ0v) is 23.5. The second kappa shape index (κ2) is 17.7. The molecule has 2 heterocycles. The molecule has 0 spiro atoms. The molecule has 0 aromatic heterocycles. The lowest BCUT2D eigenvalue weighted by Crippen LogP contribution is -2.51. The Bertz CT molecular complexity index is 878. The maximum absolute atomic E-state index is 12.4. The van der Waals surface area contributed by atoms with Gasteiger partial charge in [0.1, 0.15) is 6.04 Å². The Balaban J connectivity index is 2.27. The van der Waals surface area contributed by atoms with E-state index in [2.05, 4.69) is 6.08 Å². The number of hydrogen-bond donors (Lipinski definition) is 1. The molecule has 0 aromatic rings. The number of carbonyl (C=O) groups excluding carboxylic acids is 3. The highest BCUT2D eigenvalue weighted by molar-refractivity contribution is 5.97. The van der Waals surface area contributed by atoms with E-state index in [9.17, 15) is 24.3 Å². The van der Waals surface area contributed by atoms with Crippen LogP contribution in [0.15, 0.2) is 17.1 Å². The standard InChI is InChI=1S/C27H44N4O8/c1-4-37-24(32)12-8-11-23(27(35)36)31-15-13-29(19-25(33)38-5-2)17-21-9-7-10-22(28-21)18-30(14-16-31)20-26(34)39-6-3/h7,9,22-23H,4-6,8,10-20H2,1-3H3,(H,35,36). The zero-order valence-electron chi connectivity index (χ0n) is 23.5. The van der Waals surface area contributed by atoms with E-state index in [1.807, 2.05) is 20.8 Å². The van der Waals surface area contributed by atoms with Crippen molar-refractivity contribution < 1.29 is 38.5 Å². The van der Waals surface area contributed by atoms with E-state index in [1.165, 1.54) is 0 Å². The normalized spacial score (nSPS) is 20.2. The third-order valence-corrected chi connectivity index (χ3v) is 6.53. The summed E-state index contributed by atoms with van der Waals surface area (Å²) in [5.74, 6) is -2.02. The molecule has 2 aliphatic heterocycles. The van der Waals surface area contributed by atoms with Crippen molar-refractivity contribution in [1.29, 1.82) is 0 Å². The van der Waals surface area contributed by atoms with Crippen molar-refractivity contribution in [2.24, 2.45) is 4.99 Å². The van der Waals surface area contributed by atoms with Crippen LogP contribution < -0.4 is 0 Å². The van der Waals surface area contributed by atoms with Gasteiger partial charge in [0.25, 0.3) is 0 Å². The van der Waals surface area contributed by atoms with Crippen molar-refractivity contribution in [3.63, 3.8) is 0 Å². The van der Waals surface area contributed by atoms with Crippen LogP contribution >= 0.6 is 0 Å². The summed E-state index contributed by atoms with van der Waals surface area (Å²) in [4.78, 5) is 59.4. The number of carboxylic acid groups (broad SMARTS) is 1. The zero-order chi connectivity index (χ0) is 28.6. The topological polar surface area (TPSA) is 138 Å². The van der Waals surface area contributed by atoms with Gasteiger partial charge in [0.05, 0.1) is 39.0 Å². The van der Waals surface area contributed by atoms with Crippen LogP contribution in [0.25, 0.3) is 0 Å². The molecule has 0 saturated carbocycles. The van der Waals surface area contributed by atoms with Gasteiger partial charge in [-0.25, -0.2) is 0 Å². The first-order valence-electron chi connectivity index (χ1n) is 13.9. The Hall–Kier alpha value is -2.83. The van der Waals surface area contributed by atoms with Crippen molar-refractivity contribution in [3.8, 4) is 0 Å². The second-order valence-electron chi connectivity index (χ2n) is 9.56. The van der Waals surface area contributed by atoms with Crippen molar-refractivity contribution in [2.75, 3.05) is 72.2 Å². The molecule has 0 aliphatic carbocycles. The average molecular weight is 553 g/mol. The molecule has 0 amide bonds. The molecule has 0 aromatic carbocycles.